The molecular formula is C26H21ClO7. The molecule has 5 rings (SSSR count). The second kappa shape index (κ2) is 9.29. The number of benzene rings is 3. The Balaban J connectivity index is 1.45. The van der Waals surface area contributed by atoms with Gasteiger partial charge in [0, 0.05) is 33.2 Å². The highest BCUT2D eigenvalue weighted by Crippen LogP contribution is 2.35. The van der Waals surface area contributed by atoms with Crippen LogP contribution in [0.1, 0.15) is 11.1 Å². The van der Waals surface area contributed by atoms with Crippen molar-refractivity contribution < 1.29 is 28.1 Å². The van der Waals surface area contributed by atoms with Crippen molar-refractivity contribution in [1.29, 1.82) is 0 Å². The molecule has 2 heterocycles. The van der Waals surface area contributed by atoms with Crippen LogP contribution in [0.25, 0.3) is 22.1 Å². The number of halogens is 1. The van der Waals surface area contributed by atoms with Crippen molar-refractivity contribution in [3.63, 3.8) is 0 Å². The normalized spacial score (nSPS) is 12.7. The topological polar surface area (TPSA) is 76.4 Å². The summed E-state index contributed by atoms with van der Waals surface area (Å²) in [5.41, 5.74) is 2.57. The highest BCUT2D eigenvalue weighted by atomic mass is 35.5. The maximum absolute atomic E-state index is 12.8. The number of hydrogen-bond donors (Lipinski definition) is 0. The number of fused-ring (bicyclic) bond motifs is 2. The third-order valence-corrected chi connectivity index (χ3v) is 5.77. The first-order chi connectivity index (χ1) is 16.6. The summed E-state index contributed by atoms with van der Waals surface area (Å²) in [5, 5.41) is 1.32. The zero-order valence-corrected chi connectivity index (χ0v) is 19.3. The number of rotatable bonds is 6. The molecule has 0 fully saturated rings. The van der Waals surface area contributed by atoms with E-state index < -0.39 is 5.63 Å². The molecular weight excluding hydrogens is 460 g/mol. The van der Waals surface area contributed by atoms with E-state index in [0.29, 0.717) is 45.6 Å². The molecule has 3 aromatic carbocycles. The molecule has 0 radical (unpaired) electrons. The summed E-state index contributed by atoms with van der Waals surface area (Å²) in [7, 11) is 3.11. The van der Waals surface area contributed by atoms with Crippen molar-refractivity contribution in [2.45, 2.75) is 13.2 Å². The Bertz CT molecular complexity index is 1430. The van der Waals surface area contributed by atoms with Gasteiger partial charge in [0.25, 0.3) is 0 Å². The van der Waals surface area contributed by atoms with Crippen LogP contribution < -0.4 is 24.6 Å². The molecule has 4 aromatic rings. The number of methoxy groups -OCH3 is 2. The van der Waals surface area contributed by atoms with Crippen LogP contribution in [-0.2, 0) is 18.0 Å². The van der Waals surface area contributed by atoms with Crippen LogP contribution in [-0.4, -0.2) is 21.0 Å². The lowest BCUT2D eigenvalue weighted by atomic mass is 10.0. The van der Waals surface area contributed by atoms with Gasteiger partial charge in [-0.2, -0.15) is 0 Å². The zero-order valence-electron chi connectivity index (χ0n) is 18.6. The molecule has 1 aliphatic heterocycles. The maximum Gasteiger partial charge on any atom is 0.344 e. The largest absolute Gasteiger partial charge is 0.497 e. The van der Waals surface area contributed by atoms with Crippen LogP contribution >= 0.6 is 11.6 Å². The van der Waals surface area contributed by atoms with E-state index in [4.69, 9.17) is 39.7 Å². The van der Waals surface area contributed by atoms with Gasteiger partial charge in [-0.15, -0.1) is 0 Å². The average molecular weight is 481 g/mol. The fraction of sp³-hybridized carbons (Fsp3) is 0.192. The van der Waals surface area contributed by atoms with E-state index in [9.17, 15) is 4.79 Å². The second-order valence-corrected chi connectivity index (χ2v) is 8.10. The molecule has 0 N–H and O–H groups in total. The van der Waals surface area contributed by atoms with Crippen molar-refractivity contribution in [2.75, 3.05) is 21.0 Å². The molecule has 0 aliphatic carbocycles. The Hall–Kier alpha value is -3.68. The van der Waals surface area contributed by atoms with E-state index in [-0.39, 0.29) is 13.4 Å². The molecule has 174 valence electrons. The summed E-state index contributed by atoms with van der Waals surface area (Å²) in [5.74, 6) is 2.42. The van der Waals surface area contributed by atoms with E-state index in [1.54, 1.807) is 50.6 Å². The fourth-order valence-electron chi connectivity index (χ4n) is 3.92. The monoisotopic (exact) mass is 480 g/mol. The van der Waals surface area contributed by atoms with Gasteiger partial charge in [-0.05, 0) is 48.5 Å². The van der Waals surface area contributed by atoms with E-state index in [1.165, 1.54) is 0 Å². The van der Waals surface area contributed by atoms with Gasteiger partial charge in [0.15, 0.2) is 6.79 Å². The first-order valence-corrected chi connectivity index (χ1v) is 10.9. The maximum atomic E-state index is 12.8. The van der Waals surface area contributed by atoms with Crippen LogP contribution in [0.5, 0.6) is 23.0 Å². The summed E-state index contributed by atoms with van der Waals surface area (Å²) in [6.07, 6.45) is 0. The molecule has 1 aliphatic rings. The Morgan fingerprint density at radius 3 is 2.62 bits per heavy atom. The third kappa shape index (κ3) is 4.27. The quantitative estimate of drug-likeness (QED) is 0.333. The average Bonchev–Trinajstić information content (AvgIpc) is 2.86. The standard InChI is InChI=1S/C26H21ClO7/c1-29-19-5-6-23(30-2)21(10-19)22-9-15-3-4-20(11-24(15)34-26(22)28)32-13-17-8-18(27)7-16-12-31-14-33-25(16)17/h3-11H,12-14H2,1-2H3. The van der Waals surface area contributed by atoms with Crippen LogP contribution in [0, 0.1) is 0 Å². The van der Waals surface area contributed by atoms with Crippen LogP contribution in [0.3, 0.4) is 0 Å². The van der Waals surface area contributed by atoms with Crippen molar-refractivity contribution in [3.05, 3.63) is 81.2 Å². The van der Waals surface area contributed by atoms with Gasteiger partial charge in [-0.3, -0.25) is 0 Å². The molecule has 1 aromatic heterocycles. The molecule has 0 unspecified atom stereocenters. The first kappa shape index (κ1) is 22.1. The van der Waals surface area contributed by atoms with E-state index in [1.807, 2.05) is 18.2 Å². The van der Waals surface area contributed by atoms with Gasteiger partial charge in [-0.25, -0.2) is 4.79 Å². The number of ether oxygens (including phenoxy) is 5. The second-order valence-electron chi connectivity index (χ2n) is 7.67. The third-order valence-electron chi connectivity index (χ3n) is 5.55. The van der Waals surface area contributed by atoms with Crippen LogP contribution in [0.4, 0.5) is 0 Å². The van der Waals surface area contributed by atoms with Crippen molar-refractivity contribution in [3.8, 4) is 34.1 Å². The van der Waals surface area contributed by atoms with E-state index >= 15 is 0 Å². The molecule has 34 heavy (non-hydrogen) atoms. The SMILES string of the molecule is COc1ccc(OC)c(-c2cc3ccc(OCc4cc(Cl)cc5c4OCOC5)cc3oc2=O)c1. The molecule has 0 saturated carbocycles. The Morgan fingerprint density at radius 2 is 1.79 bits per heavy atom. The molecule has 0 spiro atoms. The predicted octanol–water partition coefficient (Wildman–Crippen LogP) is 5.58. The van der Waals surface area contributed by atoms with Crippen molar-refractivity contribution in [1.82, 2.24) is 0 Å². The minimum Gasteiger partial charge on any atom is -0.497 e. The highest BCUT2D eigenvalue weighted by molar-refractivity contribution is 6.30. The Morgan fingerprint density at radius 1 is 0.941 bits per heavy atom. The highest BCUT2D eigenvalue weighted by Gasteiger charge is 2.18. The molecule has 0 bridgehead atoms. The first-order valence-electron chi connectivity index (χ1n) is 10.5. The summed E-state index contributed by atoms with van der Waals surface area (Å²) in [4.78, 5) is 12.8. The molecule has 0 atom stereocenters. The van der Waals surface area contributed by atoms with Crippen LogP contribution in [0.2, 0.25) is 5.02 Å². The molecule has 8 heteroatoms. The summed E-state index contributed by atoms with van der Waals surface area (Å²) in [6, 6.07) is 16.0. The van der Waals surface area contributed by atoms with Gasteiger partial charge in [0.05, 0.1) is 26.4 Å². The molecule has 0 saturated heterocycles. The summed E-state index contributed by atoms with van der Waals surface area (Å²) >= 11 is 6.23. The van der Waals surface area contributed by atoms with E-state index in [0.717, 1.165) is 22.3 Å². The lowest BCUT2D eigenvalue weighted by Gasteiger charge is -2.21. The van der Waals surface area contributed by atoms with Gasteiger partial charge in [-0.1, -0.05) is 11.6 Å². The minimum atomic E-state index is -0.492. The van der Waals surface area contributed by atoms with Crippen molar-refractivity contribution >= 4 is 22.6 Å². The minimum absolute atomic E-state index is 0.184. The van der Waals surface area contributed by atoms with Gasteiger partial charge in [0.1, 0.15) is 35.2 Å². The molecule has 0 amide bonds. The number of hydrogen-bond acceptors (Lipinski definition) is 7. The molecule has 7 nitrogen and oxygen atoms in total. The summed E-state index contributed by atoms with van der Waals surface area (Å²) < 4.78 is 33.3. The lowest BCUT2D eigenvalue weighted by Crippen LogP contribution is -2.14. The van der Waals surface area contributed by atoms with E-state index in [2.05, 4.69) is 0 Å². The predicted molar refractivity (Wildman–Crippen MR) is 127 cm³/mol. The fourth-order valence-corrected chi connectivity index (χ4v) is 4.18. The lowest BCUT2D eigenvalue weighted by molar-refractivity contribution is -0.0175. The van der Waals surface area contributed by atoms with Crippen LogP contribution in [0.15, 0.2) is 63.8 Å². The van der Waals surface area contributed by atoms with Gasteiger partial charge < -0.3 is 28.1 Å². The Labute approximate surface area is 200 Å². The van der Waals surface area contributed by atoms with Gasteiger partial charge in [0.2, 0.25) is 0 Å². The smallest absolute Gasteiger partial charge is 0.344 e. The summed E-state index contributed by atoms with van der Waals surface area (Å²) in [6.45, 7) is 0.853. The van der Waals surface area contributed by atoms with Gasteiger partial charge >= 0.3 is 5.63 Å². The zero-order chi connectivity index (χ0) is 23.7. The Kier molecular flexibility index (Phi) is 6.04. The van der Waals surface area contributed by atoms with Crippen molar-refractivity contribution in [2.24, 2.45) is 0 Å².